The number of benzene rings is 1. The standard InChI is InChI=1S/C15H14N4O7/c1-9-12(5-10(18(22)23)6-13(9)19(24)25)15(21)17-8-14(20)16-7-11-3-2-4-26-11/h2-6H,7-8H2,1H3,(H,16,20)(H,17,21). The van der Waals surface area contributed by atoms with Gasteiger partial charge < -0.3 is 15.1 Å². The number of rotatable bonds is 7. The molecule has 26 heavy (non-hydrogen) atoms. The lowest BCUT2D eigenvalue weighted by Gasteiger charge is -2.08. The van der Waals surface area contributed by atoms with Crippen LogP contribution in [0.5, 0.6) is 0 Å². The third-order valence-corrected chi connectivity index (χ3v) is 3.47. The van der Waals surface area contributed by atoms with Gasteiger partial charge in [-0.05, 0) is 19.1 Å². The molecule has 0 saturated heterocycles. The number of amides is 2. The number of carbonyl (C=O) groups is 2. The first-order valence-corrected chi connectivity index (χ1v) is 7.30. The minimum atomic E-state index is -0.834. The maximum absolute atomic E-state index is 12.2. The van der Waals surface area contributed by atoms with Crippen molar-refractivity contribution in [3.63, 3.8) is 0 Å². The van der Waals surface area contributed by atoms with Crippen molar-refractivity contribution in [2.75, 3.05) is 6.54 Å². The van der Waals surface area contributed by atoms with Crippen LogP contribution in [-0.4, -0.2) is 28.2 Å². The van der Waals surface area contributed by atoms with Crippen molar-refractivity contribution >= 4 is 23.2 Å². The van der Waals surface area contributed by atoms with Crippen LogP contribution in [0, 0.1) is 27.2 Å². The second-order valence-electron chi connectivity index (χ2n) is 5.19. The van der Waals surface area contributed by atoms with E-state index in [0.29, 0.717) is 5.76 Å². The smallest absolute Gasteiger partial charge is 0.279 e. The normalized spacial score (nSPS) is 10.2. The van der Waals surface area contributed by atoms with Crippen molar-refractivity contribution in [3.8, 4) is 0 Å². The molecule has 0 radical (unpaired) electrons. The van der Waals surface area contributed by atoms with Crippen LogP contribution in [-0.2, 0) is 11.3 Å². The number of non-ortho nitro benzene ring substituents is 1. The number of nitrogens with zero attached hydrogens (tertiary/aromatic N) is 2. The Morgan fingerprint density at radius 1 is 1.15 bits per heavy atom. The lowest BCUT2D eigenvalue weighted by Crippen LogP contribution is -2.36. The SMILES string of the molecule is Cc1c(C(=O)NCC(=O)NCc2ccco2)cc([N+](=O)[O-])cc1[N+](=O)[O-]. The van der Waals surface area contributed by atoms with E-state index in [1.807, 2.05) is 0 Å². The molecule has 11 nitrogen and oxygen atoms in total. The van der Waals surface area contributed by atoms with Gasteiger partial charge in [0, 0.05) is 11.6 Å². The number of nitro groups is 2. The van der Waals surface area contributed by atoms with Crippen LogP contribution in [0.2, 0.25) is 0 Å². The van der Waals surface area contributed by atoms with E-state index in [4.69, 9.17) is 4.42 Å². The highest BCUT2D eigenvalue weighted by atomic mass is 16.6. The second kappa shape index (κ2) is 7.88. The lowest BCUT2D eigenvalue weighted by molar-refractivity contribution is -0.394. The number of nitro benzene ring substituents is 2. The average molecular weight is 362 g/mol. The van der Waals surface area contributed by atoms with Gasteiger partial charge in [0.05, 0.1) is 40.8 Å². The summed E-state index contributed by atoms with van der Waals surface area (Å²) in [5, 5.41) is 26.7. The largest absolute Gasteiger partial charge is 0.467 e. The molecule has 0 aliphatic heterocycles. The molecule has 0 aliphatic rings. The zero-order valence-corrected chi connectivity index (χ0v) is 13.6. The van der Waals surface area contributed by atoms with Crippen molar-refractivity contribution < 1.29 is 23.9 Å². The zero-order valence-electron chi connectivity index (χ0n) is 13.6. The van der Waals surface area contributed by atoms with E-state index in [1.165, 1.54) is 13.2 Å². The molecule has 1 heterocycles. The van der Waals surface area contributed by atoms with E-state index < -0.39 is 39.6 Å². The van der Waals surface area contributed by atoms with Crippen LogP contribution in [0.25, 0.3) is 0 Å². The third kappa shape index (κ3) is 4.41. The van der Waals surface area contributed by atoms with Gasteiger partial charge in [-0.15, -0.1) is 0 Å². The molecule has 0 unspecified atom stereocenters. The van der Waals surface area contributed by atoms with Gasteiger partial charge in [0.25, 0.3) is 17.3 Å². The molecule has 0 bridgehead atoms. The third-order valence-electron chi connectivity index (χ3n) is 3.47. The number of carbonyl (C=O) groups excluding carboxylic acids is 2. The van der Waals surface area contributed by atoms with Crippen LogP contribution in [0.15, 0.2) is 34.9 Å². The summed E-state index contributed by atoms with van der Waals surface area (Å²) in [4.78, 5) is 44.2. The lowest BCUT2D eigenvalue weighted by atomic mass is 10.0. The van der Waals surface area contributed by atoms with E-state index in [2.05, 4.69) is 10.6 Å². The van der Waals surface area contributed by atoms with Gasteiger partial charge in [-0.25, -0.2) is 0 Å². The minimum absolute atomic E-state index is 0.0332. The monoisotopic (exact) mass is 362 g/mol. The fourth-order valence-corrected chi connectivity index (χ4v) is 2.13. The van der Waals surface area contributed by atoms with Crippen molar-refractivity contribution in [1.29, 1.82) is 0 Å². The Balaban J connectivity index is 2.07. The summed E-state index contributed by atoms with van der Waals surface area (Å²) < 4.78 is 5.04. The molecule has 2 amide bonds. The van der Waals surface area contributed by atoms with E-state index >= 15 is 0 Å². The molecule has 2 aromatic rings. The van der Waals surface area contributed by atoms with Crippen molar-refractivity contribution in [1.82, 2.24) is 10.6 Å². The van der Waals surface area contributed by atoms with Gasteiger partial charge >= 0.3 is 0 Å². The molecule has 0 atom stereocenters. The molecule has 0 saturated carbocycles. The Kier molecular flexibility index (Phi) is 5.63. The molecule has 1 aromatic heterocycles. The Morgan fingerprint density at radius 3 is 2.46 bits per heavy atom. The van der Waals surface area contributed by atoms with Crippen molar-refractivity contribution in [3.05, 3.63) is 67.6 Å². The summed E-state index contributed by atoms with van der Waals surface area (Å²) in [6, 6.07) is 5.02. The predicted octanol–water partition coefficient (Wildman–Crippen LogP) is 1.45. The maximum Gasteiger partial charge on any atom is 0.279 e. The fraction of sp³-hybridized carbons (Fsp3) is 0.200. The summed E-state index contributed by atoms with van der Waals surface area (Å²) in [7, 11) is 0. The van der Waals surface area contributed by atoms with Gasteiger partial charge in [0.1, 0.15) is 5.76 Å². The van der Waals surface area contributed by atoms with Crippen LogP contribution in [0.4, 0.5) is 11.4 Å². The summed E-state index contributed by atoms with van der Waals surface area (Å²) in [5.41, 5.74) is -1.42. The van der Waals surface area contributed by atoms with E-state index in [0.717, 1.165) is 12.1 Å². The van der Waals surface area contributed by atoms with Crippen LogP contribution in [0.1, 0.15) is 21.7 Å². The topological polar surface area (TPSA) is 158 Å². The quantitative estimate of drug-likeness (QED) is 0.557. The summed E-state index contributed by atoms with van der Waals surface area (Å²) >= 11 is 0. The van der Waals surface area contributed by atoms with E-state index in [-0.39, 0.29) is 17.7 Å². The number of hydrogen-bond donors (Lipinski definition) is 2. The van der Waals surface area contributed by atoms with Gasteiger partial charge in [-0.3, -0.25) is 29.8 Å². The maximum atomic E-state index is 12.2. The minimum Gasteiger partial charge on any atom is -0.467 e. The van der Waals surface area contributed by atoms with Crippen LogP contribution >= 0.6 is 0 Å². The van der Waals surface area contributed by atoms with Gasteiger partial charge in [-0.2, -0.15) is 0 Å². The Bertz CT molecular complexity index is 861. The Labute approximate surface area is 146 Å². The molecule has 11 heteroatoms. The molecule has 0 spiro atoms. The molecule has 2 N–H and O–H groups in total. The van der Waals surface area contributed by atoms with Crippen molar-refractivity contribution in [2.45, 2.75) is 13.5 Å². The van der Waals surface area contributed by atoms with Gasteiger partial charge in [0.2, 0.25) is 5.91 Å². The summed E-state index contributed by atoms with van der Waals surface area (Å²) in [6.07, 6.45) is 1.45. The molecule has 0 fully saturated rings. The highest BCUT2D eigenvalue weighted by molar-refractivity contribution is 5.99. The predicted molar refractivity (Wildman–Crippen MR) is 87.4 cm³/mol. The Hall–Kier alpha value is -3.76. The zero-order chi connectivity index (χ0) is 19.3. The van der Waals surface area contributed by atoms with Crippen LogP contribution in [0.3, 0.4) is 0 Å². The number of nitrogens with one attached hydrogen (secondary N) is 2. The van der Waals surface area contributed by atoms with Crippen molar-refractivity contribution in [2.24, 2.45) is 0 Å². The van der Waals surface area contributed by atoms with Gasteiger partial charge in [0.15, 0.2) is 0 Å². The first kappa shape index (κ1) is 18.6. The molecular formula is C15H14N4O7. The summed E-state index contributed by atoms with van der Waals surface area (Å²) in [6.45, 7) is 1.02. The van der Waals surface area contributed by atoms with Crippen LogP contribution < -0.4 is 10.6 Å². The molecule has 2 rings (SSSR count). The highest BCUT2D eigenvalue weighted by Crippen LogP contribution is 2.27. The molecule has 136 valence electrons. The molecule has 1 aromatic carbocycles. The Morgan fingerprint density at radius 2 is 1.88 bits per heavy atom. The van der Waals surface area contributed by atoms with E-state index in [9.17, 15) is 29.8 Å². The number of hydrogen-bond acceptors (Lipinski definition) is 7. The average Bonchev–Trinajstić information content (AvgIpc) is 3.11. The fourth-order valence-electron chi connectivity index (χ4n) is 2.13. The molecular weight excluding hydrogens is 348 g/mol. The first-order valence-electron chi connectivity index (χ1n) is 7.30. The summed E-state index contributed by atoms with van der Waals surface area (Å²) in [5.74, 6) is -0.829. The van der Waals surface area contributed by atoms with Gasteiger partial charge in [-0.1, -0.05) is 0 Å². The first-order chi connectivity index (χ1) is 12.3. The highest BCUT2D eigenvalue weighted by Gasteiger charge is 2.24. The molecule has 0 aliphatic carbocycles. The van der Waals surface area contributed by atoms with E-state index in [1.54, 1.807) is 12.1 Å². The number of furan rings is 1. The second-order valence-corrected chi connectivity index (χ2v) is 5.19.